The second kappa shape index (κ2) is 7.24. The number of hydrogen-bond donors (Lipinski definition) is 2. The Morgan fingerprint density at radius 3 is 2.24 bits per heavy atom. The van der Waals surface area contributed by atoms with Crippen LogP contribution < -0.4 is 11.1 Å². The van der Waals surface area contributed by atoms with Gasteiger partial charge in [0.2, 0.25) is 0 Å². The van der Waals surface area contributed by atoms with Gasteiger partial charge in [-0.1, -0.05) is 54.6 Å². The summed E-state index contributed by atoms with van der Waals surface area (Å²) in [5.74, 6) is 0. The minimum Gasteiger partial charge on any atom is -0.352 e. The first-order chi connectivity index (χ1) is 10.2. The molecule has 0 spiro atoms. The molecule has 0 aromatic heterocycles. The summed E-state index contributed by atoms with van der Waals surface area (Å²) >= 11 is 0. The molecule has 0 saturated carbocycles. The van der Waals surface area contributed by atoms with Crippen LogP contribution in [-0.4, -0.2) is 18.4 Å². The molecule has 0 radical (unpaired) electrons. The number of benzene rings is 2. The first-order valence-electron chi connectivity index (χ1n) is 6.83. The molecule has 4 heteroatoms. The molecule has 0 bridgehead atoms. The Balaban J connectivity index is 2.07. The van der Waals surface area contributed by atoms with Crippen molar-refractivity contribution in [2.45, 2.75) is 18.9 Å². The number of carbonyl (C=O) groups is 2. The maximum Gasteiger partial charge on any atom is 0.312 e. The monoisotopic (exact) mass is 282 g/mol. The topological polar surface area (TPSA) is 72.2 Å². The molecular formula is C17H18N2O2. The highest BCUT2D eigenvalue weighted by atomic mass is 16.2. The van der Waals surface area contributed by atoms with Crippen molar-refractivity contribution in [1.29, 1.82) is 0 Å². The lowest BCUT2D eigenvalue weighted by Gasteiger charge is -2.15. The number of hydrogen-bond acceptors (Lipinski definition) is 2. The van der Waals surface area contributed by atoms with Gasteiger partial charge in [-0.3, -0.25) is 0 Å². The molecule has 2 rings (SSSR count). The molecule has 2 aromatic rings. The zero-order valence-electron chi connectivity index (χ0n) is 11.7. The average Bonchev–Trinajstić information content (AvgIpc) is 2.48. The number of rotatable bonds is 6. The number of carbonyl (C=O) groups excluding carboxylic acids is 2. The molecular weight excluding hydrogens is 264 g/mol. The van der Waals surface area contributed by atoms with E-state index in [4.69, 9.17) is 5.73 Å². The van der Waals surface area contributed by atoms with Gasteiger partial charge in [-0.15, -0.1) is 0 Å². The first kappa shape index (κ1) is 14.8. The lowest BCUT2D eigenvalue weighted by molar-refractivity contribution is -0.108. The van der Waals surface area contributed by atoms with E-state index in [0.717, 1.165) is 23.0 Å². The molecule has 0 aliphatic heterocycles. The van der Waals surface area contributed by atoms with Gasteiger partial charge >= 0.3 is 6.03 Å². The second-order valence-electron chi connectivity index (χ2n) is 4.87. The third-order valence-corrected chi connectivity index (χ3v) is 3.27. The second-order valence-corrected chi connectivity index (χ2v) is 4.87. The fourth-order valence-corrected chi connectivity index (χ4v) is 2.26. The normalized spacial score (nSPS) is 11.6. The predicted octanol–water partition coefficient (Wildman–Crippen LogP) is 2.52. The summed E-state index contributed by atoms with van der Waals surface area (Å²) in [5, 5.41) is 2.58. The minimum absolute atomic E-state index is 0.253. The zero-order chi connectivity index (χ0) is 15.1. The molecule has 0 fully saturated rings. The molecule has 108 valence electrons. The Hall–Kier alpha value is -2.62. The third kappa shape index (κ3) is 4.45. The first-order valence-corrected chi connectivity index (χ1v) is 6.83. The highest BCUT2D eigenvalue weighted by molar-refractivity contribution is 5.72. The molecule has 0 unspecified atom stereocenters. The van der Waals surface area contributed by atoms with Gasteiger partial charge in [0.1, 0.15) is 6.29 Å². The van der Waals surface area contributed by atoms with Gasteiger partial charge in [0.25, 0.3) is 0 Å². The van der Waals surface area contributed by atoms with Crippen LogP contribution in [0.25, 0.3) is 11.1 Å². The summed E-state index contributed by atoms with van der Waals surface area (Å²) < 4.78 is 0. The summed E-state index contributed by atoms with van der Waals surface area (Å²) in [6, 6.07) is 17.3. The highest BCUT2D eigenvalue weighted by Gasteiger charge is 2.10. The zero-order valence-corrected chi connectivity index (χ0v) is 11.7. The predicted molar refractivity (Wildman–Crippen MR) is 82.8 cm³/mol. The van der Waals surface area contributed by atoms with E-state index in [1.807, 2.05) is 42.5 Å². The summed E-state index contributed by atoms with van der Waals surface area (Å²) in [7, 11) is 0. The Morgan fingerprint density at radius 1 is 1.05 bits per heavy atom. The average molecular weight is 282 g/mol. The van der Waals surface area contributed by atoms with E-state index in [9.17, 15) is 9.59 Å². The van der Waals surface area contributed by atoms with Gasteiger partial charge in [0.15, 0.2) is 0 Å². The lowest BCUT2D eigenvalue weighted by Crippen LogP contribution is -2.40. The van der Waals surface area contributed by atoms with Crippen LogP contribution in [-0.2, 0) is 11.2 Å². The minimum atomic E-state index is -0.609. The van der Waals surface area contributed by atoms with Crippen LogP contribution in [0.1, 0.15) is 12.0 Å². The smallest absolute Gasteiger partial charge is 0.312 e. The summed E-state index contributed by atoms with van der Waals surface area (Å²) in [6.07, 6.45) is 1.62. The van der Waals surface area contributed by atoms with E-state index >= 15 is 0 Å². The van der Waals surface area contributed by atoms with Crippen molar-refractivity contribution in [1.82, 2.24) is 5.32 Å². The molecule has 2 aromatic carbocycles. The summed E-state index contributed by atoms with van der Waals surface area (Å²) in [5.41, 5.74) is 8.45. The maximum atomic E-state index is 10.9. The van der Waals surface area contributed by atoms with Gasteiger partial charge in [-0.25, -0.2) is 4.79 Å². The fraction of sp³-hybridized carbons (Fsp3) is 0.176. The van der Waals surface area contributed by atoms with Crippen LogP contribution in [0.2, 0.25) is 0 Å². The number of nitrogens with two attached hydrogens (primary N) is 1. The number of urea groups is 1. The lowest BCUT2D eigenvalue weighted by atomic mass is 10.00. The van der Waals surface area contributed by atoms with E-state index in [2.05, 4.69) is 17.4 Å². The molecule has 0 aliphatic rings. The summed E-state index contributed by atoms with van der Waals surface area (Å²) in [4.78, 5) is 21.5. The quantitative estimate of drug-likeness (QED) is 0.799. The Labute approximate surface area is 124 Å². The Kier molecular flexibility index (Phi) is 5.10. The molecule has 0 saturated heterocycles. The Morgan fingerprint density at radius 2 is 1.67 bits per heavy atom. The molecule has 0 heterocycles. The Bertz CT molecular complexity index is 594. The maximum absolute atomic E-state index is 10.9. The molecule has 4 nitrogen and oxygen atoms in total. The number of nitrogens with one attached hydrogen (secondary N) is 1. The van der Waals surface area contributed by atoms with E-state index < -0.39 is 6.03 Å². The van der Waals surface area contributed by atoms with E-state index in [1.165, 1.54) is 0 Å². The van der Waals surface area contributed by atoms with Gasteiger partial charge in [-0.2, -0.15) is 0 Å². The van der Waals surface area contributed by atoms with Crippen LogP contribution in [0.4, 0.5) is 4.79 Å². The van der Waals surface area contributed by atoms with Gasteiger partial charge in [0.05, 0.1) is 0 Å². The SMILES string of the molecule is NC(=O)N[C@@H](CC=O)Cc1ccc(-c2ccccc2)cc1. The largest absolute Gasteiger partial charge is 0.352 e. The number of aldehydes is 1. The van der Waals surface area contributed by atoms with E-state index in [1.54, 1.807) is 0 Å². The molecule has 21 heavy (non-hydrogen) atoms. The van der Waals surface area contributed by atoms with Gasteiger partial charge < -0.3 is 15.8 Å². The molecule has 0 aliphatic carbocycles. The standard InChI is InChI=1S/C17H18N2O2/c18-17(21)19-16(10-11-20)12-13-6-8-15(9-7-13)14-4-2-1-3-5-14/h1-9,11,16H,10,12H2,(H3,18,19,21)/t16-/m0/s1. The fourth-order valence-electron chi connectivity index (χ4n) is 2.26. The van der Waals surface area contributed by atoms with E-state index in [-0.39, 0.29) is 12.5 Å². The summed E-state index contributed by atoms with van der Waals surface area (Å²) in [6.45, 7) is 0. The highest BCUT2D eigenvalue weighted by Crippen LogP contribution is 2.19. The van der Waals surface area contributed by atoms with E-state index in [0.29, 0.717) is 6.42 Å². The molecule has 1 atom stereocenters. The van der Waals surface area contributed by atoms with Crippen molar-refractivity contribution in [3.8, 4) is 11.1 Å². The van der Waals surface area contributed by atoms with Crippen LogP contribution >= 0.6 is 0 Å². The van der Waals surface area contributed by atoms with Crippen molar-refractivity contribution >= 4 is 12.3 Å². The van der Waals surface area contributed by atoms with Crippen LogP contribution in [0, 0.1) is 0 Å². The van der Waals surface area contributed by atoms with Crippen LogP contribution in [0.3, 0.4) is 0 Å². The van der Waals surface area contributed by atoms with Gasteiger partial charge in [-0.05, 0) is 23.1 Å². The molecule has 3 N–H and O–H groups in total. The van der Waals surface area contributed by atoms with Crippen molar-refractivity contribution in [2.24, 2.45) is 5.73 Å². The number of primary amides is 1. The van der Waals surface area contributed by atoms with Crippen molar-refractivity contribution < 1.29 is 9.59 Å². The van der Waals surface area contributed by atoms with Crippen LogP contribution in [0.5, 0.6) is 0 Å². The molecule has 2 amide bonds. The number of amides is 2. The van der Waals surface area contributed by atoms with Crippen molar-refractivity contribution in [2.75, 3.05) is 0 Å². The van der Waals surface area contributed by atoms with Crippen LogP contribution in [0.15, 0.2) is 54.6 Å². The van der Waals surface area contributed by atoms with Crippen molar-refractivity contribution in [3.63, 3.8) is 0 Å². The van der Waals surface area contributed by atoms with Gasteiger partial charge in [0, 0.05) is 12.5 Å². The third-order valence-electron chi connectivity index (χ3n) is 3.27. The van der Waals surface area contributed by atoms with Crippen molar-refractivity contribution in [3.05, 3.63) is 60.2 Å².